The monoisotopic (exact) mass is 285 g/mol. The van der Waals surface area contributed by atoms with Gasteiger partial charge < -0.3 is 5.32 Å². The van der Waals surface area contributed by atoms with E-state index in [9.17, 15) is 4.79 Å². The second kappa shape index (κ2) is 5.17. The second-order valence-corrected chi connectivity index (χ2v) is 5.16. The first-order chi connectivity index (χ1) is 9.70. The van der Waals surface area contributed by atoms with E-state index >= 15 is 0 Å². The van der Waals surface area contributed by atoms with Gasteiger partial charge >= 0.3 is 0 Å². The van der Waals surface area contributed by atoms with Gasteiger partial charge in [-0.1, -0.05) is 18.2 Å². The Morgan fingerprint density at radius 2 is 2.15 bits per heavy atom. The third kappa shape index (κ3) is 2.14. The smallest absolute Gasteiger partial charge is 0.251 e. The van der Waals surface area contributed by atoms with Crippen LogP contribution in [0, 0.1) is 0 Å². The molecule has 1 atom stereocenters. The molecule has 2 heterocycles. The van der Waals surface area contributed by atoms with Crippen molar-refractivity contribution < 1.29 is 4.79 Å². The fourth-order valence-electron chi connectivity index (χ4n) is 2.57. The van der Waals surface area contributed by atoms with Gasteiger partial charge in [-0.3, -0.25) is 14.7 Å². The van der Waals surface area contributed by atoms with Crippen molar-refractivity contribution in [1.82, 2.24) is 15.2 Å². The SMILES string of the molecule is CCN1C(=O)C(Cc2ccnc3ccccc23)NC1=S. The third-order valence-corrected chi connectivity index (χ3v) is 3.92. The number of pyridine rings is 1. The van der Waals surface area contributed by atoms with Crippen LogP contribution in [-0.4, -0.2) is 33.5 Å². The Balaban J connectivity index is 1.91. The highest BCUT2D eigenvalue weighted by molar-refractivity contribution is 7.80. The number of likely N-dealkylation sites (N-methyl/N-ethyl adjacent to an activating group) is 1. The minimum atomic E-state index is -0.270. The number of benzene rings is 1. The van der Waals surface area contributed by atoms with Crippen molar-refractivity contribution in [3.8, 4) is 0 Å². The number of nitrogens with zero attached hydrogens (tertiary/aromatic N) is 2. The van der Waals surface area contributed by atoms with Crippen LogP contribution in [-0.2, 0) is 11.2 Å². The summed E-state index contributed by atoms with van der Waals surface area (Å²) in [6.45, 7) is 2.54. The molecule has 4 nitrogen and oxygen atoms in total. The number of thiocarbonyl (C=S) groups is 1. The number of para-hydroxylation sites is 1. The summed E-state index contributed by atoms with van der Waals surface area (Å²) in [4.78, 5) is 18.2. The predicted octanol–water partition coefficient (Wildman–Crippen LogP) is 1.88. The number of hydrogen-bond acceptors (Lipinski definition) is 3. The summed E-state index contributed by atoms with van der Waals surface area (Å²) in [5, 5.41) is 4.72. The van der Waals surface area contributed by atoms with Gasteiger partial charge in [0.05, 0.1) is 5.52 Å². The molecule has 0 bridgehead atoms. The molecule has 1 fully saturated rings. The maximum Gasteiger partial charge on any atom is 0.251 e. The Morgan fingerprint density at radius 3 is 2.90 bits per heavy atom. The summed E-state index contributed by atoms with van der Waals surface area (Å²) in [6, 6.07) is 9.66. The van der Waals surface area contributed by atoms with Gasteiger partial charge in [0.2, 0.25) is 0 Å². The van der Waals surface area contributed by atoms with Crippen molar-refractivity contribution in [3.63, 3.8) is 0 Å². The molecule has 1 unspecified atom stereocenters. The molecule has 1 aromatic heterocycles. The van der Waals surface area contributed by atoms with Crippen LogP contribution >= 0.6 is 12.2 Å². The van der Waals surface area contributed by atoms with Gasteiger partial charge in [0, 0.05) is 24.5 Å². The van der Waals surface area contributed by atoms with Crippen molar-refractivity contribution in [3.05, 3.63) is 42.1 Å². The molecular formula is C15H15N3OS. The van der Waals surface area contributed by atoms with E-state index < -0.39 is 0 Å². The fourth-order valence-corrected chi connectivity index (χ4v) is 2.93. The highest BCUT2D eigenvalue weighted by Gasteiger charge is 2.34. The first-order valence-electron chi connectivity index (χ1n) is 6.65. The Kier molecular flexibility index (Phi) is 3.36. The van der Waals surface area contributed by atoms with Crippen LogP contribution in [0.15, 0.2) is 36.5 Å². The molecular weight excluding hydrogens is 270 g/mol. The summed E-state index contributed by atoms with van der Waals surface area (Å²) in [7, 11) is 0. The number of rotatable bonds is 3. The van der Waals surface area contributed by atoms with E-state index in [1.54, 1.807) is 11.1 Å². The highest BCUT2D eigenvalue weighted by atomic mass is 32.1. The van der Waals surface area contributed by atoms with Crippen LogP contribution in [0.2, 0.25) is 0 Å². The van der Waals surface area contributed by atoms with Crippen LogP contribution in [0.1, 0.15) is 12.5 Å². The fraction of sp³-hybridized carbons (Fsp3) is 0.267. The van der Waals surface area contributed by atoms with E-state index in [1.807, 2.05) is 37.3 Å². The lowest BCUT2D eigenvalue weighted by atomic mass is 10.0. The first-order valence-corrected chi connectivity index (χ1v) is 7.06. The van der Waals surface area contributed by atoms with Gasteiger partial charge in [-0.15, -0.1) is 0 Å². The van der Waals surface area contributed by atoms with Crippen molar-refractivity contribution in [1.29, 1.82) is 0 Å². The lowest BCUT2D eigenvalue weighted by molar-refractivity contribution is -0.126. The number of carbonyl (C=O) groups excluding carboxylic acids is 1. The molecule has 20 heavy (non-hydrogen) atoms. The lowest BCUT2D eigenvalue weighted by Crippen LogP contribution is -2.32. The molecule has 3 rings (SSSR count). The summed E-state index contributed by atoms with van der Waals surface area (Å²) in [5.41, 5.74) is 2.06. The summed E-state index contributed by atoms with van der Waals surface area (Å²) in [6.07, 6.45) is 2.41. The number of nitrogens with one attached hydrogen (secondary N) is 1. The quantitative estimate of drug-likeness (QED) is 0.875. The van der Waals surface area contributed by atoms with Crippen LogP contribution in [0.3, 0.4) is 0 Å². The maximum absolute atomic E-state index is 12.2. The van der Waals surface area contributed by atoms with Crippen molar-refractivity contribution in [2.45, 2.75) is 19.4 Å². The van der Waals surface area contributed by atoms with Crippen molar-refractivity contribution in [2.24, 2.45) is 0 Å². The van der Waals surface area contributed by atoms with Gasteiger partial charge in [0.1, 0.15) is 6.04 Å². The molecule has 2 aromatic rings. The molecule has 0 spiro atoms. The average Bonchev–Trinajstić information content (AvgIpc) is 2.73. The number of amides is 1. The average molecular weight is 285 g/mol. The molecule has 1 aliphatic rings. The van der Waals surface area contributed by atoms with Gasteiger partial charge in [-0.05, 0) is 36.8 Å². The van der Waals surface area contributed by atoms with Crippen LogP contribution < -0.4 is 5.32 Å². The van der Waals surface area contributed by atoms with E-state index in [0.29, 0.717) is 18.1 Å². The van der Waals surface area contributed by atoms with Crippen molar-refractivity contribution >= 4 is 34.1 Å². The van der Waals surface area contributed by atoms with E-state index in [0.717, 1.165) is 16.5 Å². The Labute approximate surface area is 122 Å². The van der Waals surface area contributed by atoms with Crippen LogP contribution in [0.5, 0.6) is 0 Å². The predicted molar refractivity (Wildman–Crippen MR) is 82.4 cm³/mol. The molecule has 1 aromatic carbocycles. The van der Waals surface area contributed by atoms with E-state index in [-0.39, 0.29) is 11.9 Å². The number of aromatic nitrogens is 1. The Bertz CT molecular complexity index is 680. The minimum Gasteiger partial charge on any atom is -0.350 e. The zero-order chi connectivity index (χ0) is 14.1. The zero-order valence-corrected chi connectivity index (χ0v) is 12.0. The van der Waals surface area contributed by atoms with E-state index in [4.69, 9.17) is 12.2 Å². The van der Waals surface area contributed by atoms with Crippen molar-refractivity contribution in [2.75, 3.05) is 6.54 Å². The molecule has 0 radical (unpaired) electrons. The Hall–Kier alpha value is -2.01. The maximum atomic E-state index is 12.2. The van der Waals surface area contributed by atoms with Gasteiger partial charge in [0.25, 0.3) is 5.91 Å². The minimum absolute atomic E-state index is 0.0541. The standard InChI is InChI=1S/C15H15N3OS/c1-2-18-14(19)13(17-15(18)20)9-10-7-8-16-12-6-4-3-5-11(10)12/h3-8,13H,2,9H2,1H3,(H,17,20). The van der Waals surface area contributed by atoms with Gasteiger partial charge in [0.15, 0.2) is 5.11 Å². The number of hydrogen-bond donors (Lipinski definition) is 1. The van der Waals surface area contributed by atoms with Gasteiger partial charge in [-0.2, -0.15) is 0 Å². The first kappa shape index (κ1) is 13.0. The Morgan fingerprint density at radius 1 is 1.35 bits per heavy atom. The summed E-state index contributed by atoms with van der Waals surface area (Å²) in [5.74, 6) is 0.0541. The molecule has 102 valence electrons. The van der Waals surface area contributed by atoms with E-state index in [2.05, 4.69) is 10.3 Å². The topological polar surface area (TPSA) is 45.2 Å². The molecule has 0 aliphatic carbocycles. The normalized spacial score (nSPS) is 18.6. The van der Waals surface area contributed by atoms with Crippen LogP contribution in [0.4, 0.5) is 0 Å². The number of carbonyl (C=O) groups is 1. The zero-order valence-electron chi connectivity index (χ0n) is 11.2. The van der Waals surface area contributed by atoms with E-state index in [1.165, 1.54) is 0 Å². The molecule has 0 saturated carbocycles. The molecule has 1 N–H and O–H groups in total. The lowest BCUT2D eigenvalue weighted by Gasteiger charge is -2.12. The summed E-state index contributed by atoms with van der Waals surface area (Å²) < 4.78 is 0. The summed E-state index contributed by atoms with van der Waals surface area (Å²) >= 11 is 5.19. The molecule has 5 heteroatoms. The highest BCUT2D eigenvalue weighted by Crippen LogP contribution is 2.19. The third-order valence-electron chi connectivity index (χ3n) is 3.59. The molecule has 1 aliphatic heterocycles. The second-order valence-electron chi connectivity index (χ2n) is 4.78. The molecule has 1 amide bonds. The molecule has 1 saturated heterocycles. The van der Waals surface area contributed by atoms with Gasteiger partial charge in [-0.25, -0.2) is 0 Å². The largest absolute Gasteiger partial charge is 0.350 e. The number of fused-ring (bicyclic) bond motifs is 1. The van der Waals surface area contributed by atoms with Crippen LogP contribution in [0.25, 0.3) is 10.9 Å².